The number of nitrogens with zero attached hydrogens (tertiary/aromatic N) is 2. The molecule has 0 radical (unpaired) electrons. The van der Waals surface area contributed by atoms with Crippen molar-refractivity contribution in [3.05, 3.63) is 29.3 Å². The van der Waals surface area contributed by atoms with Crippen LogP contribution in [0.5, 0.6) is 0 Å². The summed E-state index contributed by atoms with van der Waals surface area (Å²) < 4.78 is 0. The molecule has 0 amide bonds. The molecule has 1 aliphatic heterocycles. The molecule has 1 heterocycles. The number of anilines is 1. The molecular weight excluding hydrogens is 240 g/mol. The van der Waals surface area contributed by atoms with Gasteiger partial charge in [-0.05, 0) is 43.6 Å². The Morgan fingerprint density at radius 2 is 2.26 bits per heavy atom. The lowest BCUT2D eigenvalue weighted by molar-refractivity contribution is -0.137. The fraction of sp³-hybridized carbons (Fsp3) is 0.533. The number of benzene rings is 1. The number of carbonyl (C=O) groups is 1. The molecular formula is C15H22N2O2. The van der Waals surface area contributed by atoms with Gasteiger partial charge in [0.2, 0.25) is 0 Å². The number of likely N-dealkylation sites (N-methyl/N-ethyl adjacent to an activating group) is 1. The third kappa shape index (κ3) is 3.70. The largest absolute Gasteiger partial charge is 0.481 e. The molecule has 0 aliphatic carbocycles. The van der Waals surface area contributed by atoms with E-state index < -0.39 is 5.97 Å². The Kier molecular flexibility index (Phi) is 4.43. The molecule has 4 nitrogen and oxygen atoms in total. The highest BCUT2D eigenvalue weighted by Crippen LogP contribution is 2.27. The summed E-state index contributed by atoms with van der Waals surface area (Å²) in [6.45, 7) is 2.81. The maximum Gasteiger partial charge on any atom is 0.303 e. The van der Waals surface area contributed by atoms with Crippen LogP contribution < -0.4 is 4.90 Å². The standard InChI is InChI=1S/C15H22N2O2/c1-16(8-3-4-15(18)19)11-12-5-6-14-13(10-12)7-9-17(14)2/h5-6,10H,3-4,7-9,11H2,1-2H3,(H,18,19). The molecule has 0 aromatic heterocycles. The van der Waals surface area contributed by atoms with Crippen LogP contribution >= 0.6 is 0 Å². The molecule has 0 bridgehead atoms. The lowest BCUT2D eigenvalue weighted by atomic mass is 10.1. The first-order chi connectivity index (χ1) is 9.06. The Hall–Kier alpha value is -1.55. The predicted molar refractivity (Wildman–Crippen MR) is 76.6 cm³/mol. The van der Waals surface area contributed by atoms with Crippen LogP contribution in [-0.2, 0) is 17.8 Å². The van der Waals surface area contributed by atoms with Gasteiger partial charge in [0.1, 0.15) is 0 Å². The van der Waals surface area contributed by atoms with Gasteiger partial charge in [0.25, 0.3) is 0 Å². The maximum absolute atomic E-state index is 10.5. The van der Waals surface area contributed by atoms with Gasteiger partial charge >= 0.3 is 5.97 Å². The first-order valence-electron chi connectivity index (χ1n) is 6.79. The fourth-order valence-corrected chi connectivity index (χ4v) is 2.61. The van der Waals surface area contributed by atoms with Gasteiger partial charge in [-0.2, -0.15) is 0 Å². The second kappa shape index (κ2) is 6.06. The zero-order chi connectivity index (χ0) is 13.8. The van der Waals surface area contributed by atoms with Gasteiger partial charge in [-0.3, -0.25) is 4.79 Å². The first-order valence-corrected chi connectivity index (χ1v) is 6.79. The molecule has 1 N–H and O–H groups in total. The number of hydrogen-bond donors (Lipinski definition) is 1. The summed E-state index contributed by atoms with van der Waals surface area (Å²) in [6.07, 6.45) is 2.08. The number of fused-ring (bicyclic) bond motifs is 1. The zero-order valence-corrected chi connectivity index (χ0v) is 11.7. The van der Waals surface area contributed by atoms with Crippen molar-refractivity contribution in [3.8, 4) is 0 Å². The summed E-state index contributed by atoms with van der Waals surface area (Å²) in [7, 11) is 4.17. The van der Waals surface area contributed by atoms with E-state index in [9.17, 15) is 4.79 Å². The van der Waals surface area contributed by atoms with Gasteiger partial charge in [0.15, 0.2) is 0 Å². The van der Waals surface area contributed by atoms with E-state index in [0.717, 1.165) is 26.1 Å². The van der Waals surface area contributed by atoms with E-state index in [2.05, 4.69) is 35.0 Å². The average molecular weight is 262 g/mol. The molecule has 0 spiro atoms. The highest BCUT2D eigenvalue weighted by molar-refractivity contribution is 5.66. The molecule has 1 aromatic rings. The van der Waals surface area contributed by atoms with E-state index in [1.165, 1.54) is 16.8 Å². The second-order valence-corrected chi connectivity index (χ2v) is 5.37. The predicted octanol–water partition coefficient (Wildman–Crippen LogP) is 1.98. The lowest BCUT2D eigenvalue weighted by Crippen LogP contribution is -2.20. The molecule has 1 aromatic carbocycles. The van der Waals surface area contributed by atoms with Gasteiger partial charge in [0, 0.05) is 32.2 Å². The quantitative estimate of drug-likeness (QED) is 0.851. The highest BCUT2D eigenvalue weighted by Gasteiger charge is 2.15. The molecule has 0 unspecified atom stereocenters. The van der Waals surface area contributed by atoms with Crippen molar-refractivity contribution in [3.63, 3.8) is 0 Å². The minimum absolute atomic E-state index is 0.249. The molecule has 4 heteroatoms. The Labute approximate surface area is 114 Å². The number of carboxylic acids is 1. The zero-order valence-electron chi connectivity index (χ0n) is 11.7. The van der Waals surface area contributed by atoms with Crippen molar-refractivity contribution in [2.24, 2.45) is 0 Å². The van der Waals surface area contributed by atoms with Crippen LogP contribution in [0.3, 0.4) is 0 Å². The topological polar surface area (TPSA) is 43.8 Å². The van der Waals surface area contributed by atoms with Crippen LogP contribution in [0, 0.1) is 0 Å². The number of hydrogen-bond acceptors (Lipinski definition) is 3. The highest BCUT2D eigenvalue weighted by atomic mass is 16.4. The Bertz CT molecular complexity index is 459. The number of rotatable bonds is 6. The van der Waals surface area contributed by atoms with E-state index in [0.29, 0.717) is 6.42 Å². The fourth-order valence-electron chi connectivity index (χ4n) is 2.61. The molecule has 0 saturated carbocycles. The number of carboxylic acid groups (broad SMARTS) is 1. The van der Waals surface area contributed by atoms with Gasteiger partial charge in [0.05, 0.1) is 0 Å². The third-order valence-electron chi connectivity index (χ3n) is 3.65. The van der Waals surface area contributed by atoms with Crippen LogP contribution in [0.1, 0.15) is 24.0 Å². The minimum atomic E-state index is -0.714. The van der Waals surface area contributed by atoms with Crippen molar-refractivity contribution in [2.45, 2.75) is 25.8 Å². The minimum Gasteiger partial charge on any atom is -0.481 e. The van der Waals surface area contributed by atoms with Crippen LogP contribution in [0.15, 0.2) is 18.2 Å². The van der Waals surface area contributed by atoms with E-state index in [1.807, 2.05) is 7.05 Å². The summed E-state index contributed by atoms with van der Waals surface area (Å²) in [5, 5.41) is 8.62. The first kappa shape index (κ1) is 13.9. The smallest absolute Gasteiger partial charge is 0.303 e. The summed E-state index contributed by atoms with van der Waals surface area (Å²) in [6, 6.07) is 6.66. The SMILES string of the molecule is CN(CCCC(=O)O)Cc1ccc2c(c1)CCN2C. The van der Waals surface area contributed by atoms with Crippen molar-refractivity contribution < 1.29 is 9.90 Å². The molecule has 104 valence electrons. The summed E-state index contributed by atoms with van der Waals surface area (Å²) in [5.41, 5.74) is 4.09. The van der Waals surface area contributed by atoms with Crippen LogP contribution in [0.4, 0.5) is 5.69 Å². The molecule has 2 rings (SSSR count). The van der Waals surface area contributed by atoms with Gasteiger partial charge < -0.3 is 14.9 Å². The van der Waals surface area contributed by atoms with Gasteiger partial charge in [-0.1, -0.05) is 12.1 Å². The summed E-state index contributed by atoms with van der Waals surface area (Å²) in [5.74, 6) is -0.714. The second-order valence-electron chi connectivity index (χ2n) is 5.37. The monoisotopic (exact) mass is 262 g/mol. The van der Waals surface area contributed by atoms with E-state index in [-0.39, 0.29) is 6.42 Å². The Morgan fingerprint density at radius 1 is 1.47 bits per heavy atom. The number of aliphatic carboxylic acids is 1. The van der Waals surface area contributed by atoms with Crippen LogP contribution in [0.2, 0.25) is 0 Å². The Morgan fingerprint density at radius 3 is 3.00 bits per heavy atom. The van der Waals surface area contributed by atoms with E-state index in [1.54, 1.807) is 0 Å². The van der Waals surface area contributed by atoms with Crippen molar-refractivity contribution in [1.29, 1.82) is 0 Å². The summed E-state index contributed by atoms with van der Waals surface area (Å²) >= 11 is 0. The van der Waals surface area contributed by atoms with Crippen molar-refractivity contribution in [1.82, 2.24) is 4.90 Å². The molecule has 0 saturated heterocycles. The van der Waals surface area contributed by atoms with E-state index in [4.69, 9.17) is 5.11 Å². The average Bonchev–Trinajstić information content (AvgIpc) is 2.70. The van der Waals surface area contributed by atoms with E-state index >= 15 is 0 Å². The Balaban J connectivity index is 1.87. The molecule has 0 atom stereocenters. The third-order valence-corrected chi connectivity index (χ3v) is 3.65. The normalized spacial score (nSPS) is 13.9. The van der Waals surface area contributed by atoms with Gasteiger partial charge in [-0.25, -0.2) is 0 Å². The van der Waals surface area contributed by atoms with Crippen molar-refractivity contribution >= 4 is 11.7 Å². The lowest BCUT2D eigenvalue weighted by Gasteiger charge is -2.17. The van der Waals surface area contributed by atoms with Crippen LogP contribution in [0.25, 0.3) is 0 Å². The summed E-state index contributed by atoms with van der Waals surface area (Å²) in [4.78, 5) is 14.9. The maximum atomic E-state index is 10.5. The van der Waals surface area contributed by atoms with Crippen molar-refractivity contribution in [2.75, 3.05) is 32.1 Å². The van der Waals surface area contributed by atoms with Gasteiger partial charge in [-0.15, -0.1) is 0 Å². The molecule has 19 heavy (non-hydrogen) atoms. The van der Waals surface area contributed by atoms with Crippen LogP contribution in [-0.4, -0.2) is 43.2 Å². The molecule has 1 aliphatic rings. The molecule has 0 fully saturated rings.